The molecule has 0 aliphatic heterocycles. The van der Waals surface area contributed by atoms with Crippen molar-refractivity contribution < 1.29 is 14.5 Å². The van der Waals surface area contributed by atoms with Crippen LogP contribution in [0.15, 0.2) is 30.3 Å². The first-order chi connectivity index (χ1) is 10.1. The Bertz CT molecular complexity index is 492. The molecule has 2 atom stereocenters. The fourth-order valence-corrected chi connectivity index (χ4v) is 2.75. The van der Waals surface area contributed by atoms with E-state index < -0.39 is 12.1 Å². The molecule has 0 aromatic heterocycles. The lowest BCUT2D eigenvalue weighted by Crippen LogP contribution is -2.49. The molecule has 1 aliphatic rings. The van der Waals surface area contributed by atoms with Crippen molar-refractivity contribution in [1.29, 1.82) is 0 Å². The third kappa shape index (κ3) is 3.93. The Morgan fingerprint density at radius 2 is 2.00 bits per heavy atom. The average molecular weight is 292 g/mol. The van der Waals surface area contributed by atoms with Crippen molar-refractivity contribution >= 4 is 6.09 Å². The van der Waals surface area contributed by atoms with Gasteiger partial charge in [0.05, 0.1) is 0 Å². The number of nitrogens with zero attached hydrogens (tertiary/aromatic N) is 2. The highest BCUT2D eigenvalue weighted by Crippen LogP contribution is 2.25. The molecule has 6 nitrogen and oxygen atoms in total. The van der Waals surface area contributed by atoms with E-state index in [9.17, 15) is 14.9 Å². The van der Waals surface area contributed by atoms with Crippen LogP contribution in [0, 0.1) is 10.1 Å². The molecule has 1 aromatic carbocycles. The van der Waals surface area contributed by atoms with Gasteiger partial charge in [-0.3, -0.25) is 10.1 Å². The zero-order valence-corrected chi connectivity index (χ0v) is 12.1. The van der Waals surface area contributed by atoms with Gasteiger partial charge in [0.25, 0.3) is 0 Å². The molecule has 2 rings (SSSR count). The van der Waals surface area contributed by atoms with E-state index in [-0.39, 0.29) is 17.6 Å². The Hall–Kier alpha value is -2.11. The standard InChI is InChI=1S/C15H20N2O4/c1-16(13-9-5-6-10-14(13)17(19)20)15(18)21-11-12-7-3-2-4-8-12/h2-4,7-8,13-14H,5-6,9-11H2,1H3. The molecule has 0 N–H and O–H groups in total. The van der Waals surface area contributed by atoms with Crippen molar-refractivity contribution in [2.75, 3.05) is 7.05 Å². The summed E-state index contributed by atoms with van der Waals surface area (Å²) in [5.41, 5.74) is 0.897. The van der Waals surface area contributed by atoms with Crippen molar-refractivity contribution in [3.8, 4) is 0 Å². The largest absolute Gasteiger partial charge is 0.445 e. The summed E-state index contributed by atoms with van der Waals surface area (Å²) < 4.78 is 5.24. The summed E-state index contributed by atoms with van der Waals surface area (Å²) in [6.45, 7) is 0.180. The monoisotopic (exact) mass is 292 g/mol. The van der Waals surface area contributed by atoms with E-state index in [1.54, 1.807) is 7.05 Å². The van der Waals surface area contributed by atoms with Crippen LogP contribution >= 0.6 is 0 Å². The van der Waals surface area contributed by atoms with Gasteiger partial charge in [-0.1, -0.05) is 36.8 Å². The third-order valence-electron chi connectivity index (χ3n) is 3.96. The molecule has 21 heavy (non-hydrogen) atoms. The van der Waals surface area contributed by atoms with E-state index in [0.717, 1.165) is 18.4 Å². The van der Waals surface area contributed by atoms with E-state index in [4.69, 9.17) is 4.74 Å². The molecule has 0 spiro atoms. The number of hydrogen-bond acceptors (Lipinski definition) is 4. The van der Waals surface area contributed by atoms with E-state index in [0.29, 0.717) is 12.8 Å². The lowest BCUT2D eigenvalue weighted by molar-refractivity contribution is -0.532. The van der Waals surface area contributed by atoms with Crippen molar-refractivity contribution in [2.45, 2.75) is 44.4 Å². The SMILES string of the molecule is CN(C(=O)OCc1ccccc1)C1CCCCC1[N+](=O)[O-]. The minimum Gasteiger partial charge on any atom is -0.445 e. The highest BCUT2D eigenvalue weighted by Gasteiger charge is 2.39. The van der Waals surface area contributed by atoms with Crippen molar-refractivity contribution in [3.05, 3.63) is 46.0 Å². The Labute approximate surface area is 123 Å². The van der Waals surface area contributed by atoms with Crippen LogP contribution in [0.4, 0.5) is 4.79 Å². The Balaban J connectivity index is 1.93. The Morgan fingerprint density at radius 3 is 2.67 bits per heavy atom. The summed E-state index contributed by atoms with van der Waals surface area (Å²) in [5.74, 6) is 0. The summed E-state index contributed by atoms with van der Waals surface area (Å²) >= 11 is 0. The van der Waals surface area contributed by atoms with Crippen LogP contribution in [-0.2, 0) is 11.3 Å². The van der Waals surface area contributed by atoms with E-state index in [2.05, 4.69) is 0 Å². The van der Waals surface area contributed by atoms with Crippen LogP contribution in [0.5, 0.6) is 0 Å². The molecule has 1 aromatic rings. The van der Waals surface area contributed by atoms with Crippen LogP contribution in [-0.4, -0.2) is 35.0 Å². The van der Waals surface area contributed by atoms with Crippen LogP contribution in [0.25, 0.3) is 0 Å². The quantitative estimate of drug-likeness (QED) is 0.632. The maximum atomic E-state index is 12.1. The first-order valence-electron chi connectivity index (χ1n) is 7.16. The van der Waals surface area contributed by atoms with Gasteiger partial charge >= 0.3 is 6.09 Å². The number of rotatable bonds is 4. The highest BCUT2D eigenvalue weighted by atomic mass is 16.6. The number of carbonyl (C=O) groups excluding carboxylic acids is 1. The second kappa shape index (κ2) is 7.06. The number of likely N-dealkylation sites (N-methyl/N-ethyl adjacent to an activating group) is 1. The van der Waals surface area contributed by atoms with E-state index in [1.807, 2.05) is 30.3 Å². The number of nitro groups is 1. The molecule has 6 heteroatoms. The second-order valence-corrected chi connectivity index (χ2v) is 5.36. The summed E-state index contributed by atoms with van der Waals surface area (Å²) in [6, 6.07) is 8.31. The number of hydrogen-bond donors (Lipinski definition) is 0. The topological polar surface area (TPSA) is 72.7 Å². The van der Waals surface area contributed by atoms with E-state index >= 15 is 0 Å². The van der Waals surface area contributed by atoms with Gasteiger partial charge in [-0.2, -0.15) is 0 Å². The van der Waals surface area contributed by atoms with Crippen LogP contribution < -0.4 is 0 Å². The third-order valence-corrected chi connectivity index (χ3v) is 3.96. The summed E-state index contributed by atoms with van der Waals surface area (Å²) in [5, 5.41) is 11.1. The normalized spacial score (nSPS) is 21.6. The first-order valence-corrected chi connectivity index (χ1v) is 7.16. The fourth-order valence-electron chi connectivity index (χ4n) is 2.75. The zero-order chi connectivity index (χ0) is 15.2. The minimum absolute atomic E-state index is 0.180. The Morgan fingerprint density at radius 1 is 1.33 bits per heavy atom. The molecule has 0 saturated heterocycles. The molecule has 1 aliphatic carbocycles. The molecule has 0 heterocycles. The summed E-state index contributed by atoms with van der Waals surface area (Å²) in [4.78, 5) is 24.3. The zero-order valence-electron chi connectivity index (χ0n) is 12.1. The molecule has 1 fully saturated rings. The maximum absolute atomic E-state index is 12.1. The van der Waals surface area contributed by atoms with Gasteiger partial charge in [0.2, 0.25) is 6.04 Å². The molecule has 1 saturated carbocycles. The number of carbonyl (C=O) groups is 1. The summed E-state index contributed by atoms with van der Waals surface area (Å²) in [6.07, 6.45) is 2.43. The highest BCUT2D eigenvalue weighted by molar-refractivity contribution is 5.67. The van der Waals surface area contributed by atoms with Crippen LogP contribution in [0.1, 0.15) is 31.2 Å². The number of ether oxygens (including phenoxy) is 1. The average Bonchev–Trinajstić information content (AvgIpc) is 2.52. The lowest BCUT2D eigenvalue weighted by Gasteiger charge is -2.32. The smallest absolute Gasteiger partial charge is 0.410 e. The second-order valence-electron chi connectivity index (χ2n) is 5.36. The first kappa shape index (κ1) is 15.3. The predicted octanol–water partition coefficient (Wildman–Crippen LogP) is 2.84. The van der Waals surface area contributed by atoms with Crippen LogP contribution in [0.2, 0.25) is 0 Å². The molecule has 1 amide bonds. The van der Waals surface area contributed by atoms with Crippen molar-refractivity contribution in [2.24, 2.45) is 0 Å². The van der Waals surface area contributed by atoms with Gasteiger partial charge in [-0.15, -0.1) is 0 Å². The van der Waals surface area contributed by atoms with Gasteiger partial charge < -0.3 is 9.64 Å². The summed E-state index contributed by atoms with van der Waals surface area (Å²) in [7, 11) is 1.58. The number of benzene rings is 1. The van der Waals surface area contributed by atoms with Gasteiger partial charge in [0, 0.05) is 18.4 Å². The molecule has 0 bridgehead atoms. The fraction of sp³-hybridized carbons (Fsp3) is 0.533. The Kier molecular flexibility index (Phi) is 5.14. The van der Waals surface area contributed by atoms with Crippen molar-refractivity contribution in [1.82, 2.24) is 4.90 Å². The maximum Gasteiger partial charge on any atom is 0.410 e. The molecular weight excluding hydrogens is 272 g/mol. The van der Waals surface area contributed by atoms with Gasteiger partial charge in [0.1, 0.15) is 12.6 Å². The van der Waals surface area contributed by atoms with Gasteiger partial charge in [-0.25, -0.2) is 4.79 Å². The number of amides is 1. The predicted molar refractivity (Wildman–Crippen MR) is 77.4 cm³/mol. The molecular formula is C15H20N2O4. The van der Waals surface area contributed by atoms with Crippen LogP contribution in [0.3, 0.4) is 0 Å². The molecule has 0 radical (unpaired) electrons. The lowest BCUT2D eigenvalue weighted by atomic mass is 9.90. The molecule has 2 unspecified atom stereocenters. The van der Waals surface area contributed by atoms with Gasteiger partial charge in [0.15, 0.2) is 0 Å². The van der Waals surface area contributed by atoms with Crippen molar-refractivity contribution in [3.63, 3.8) is 0 Å². The van der Waals surface area contributed by atoms with E-state index in [1.165, 1.54) is 4.90 Å². The minimum atomic E-state index is -0.687. The van der Waals surface area contributed by atoms with Gasteiger partial charge in [-0.05, 0) is 18.4 Å². The molecule has 114 valence electrons.